The summed E-state index contributed by atoms with van der Waals surface area (Å²) in [6.45, 7) is 2.05. The minimum atomic E-state index is 0.383. The number of anilines is 1. The van der Waals surface area contributed by atoms with Crippen molar-refractivity contribution in [3.05, 3.63) is 5.51 Å². The summed E-state index contributed by atoms with van der Waals surface area (Å²) >= 11 is 1.59. The van der Waals surface area contributed by atoms with Gasteiger partial charge in [-0.15, -0.1) is 10.2 Å². The number of nitrogens with zero attached hydrogens (tertiary/aromatic N) is 3. The zero-order chi connectivity index (χ0) is 8.39. The van der Waals surface area contributed by atoms with Crippen LogP contribution in [0.3, 0.4) is 0 Å². The maximum atomic E-state index is 5.79. The molecule has 0 unspecified atom stereocenters. The van der Waals surface area contributed by atoms with Gasteiger partial charge in [-0.25, -0.2) is 0 Å². The summed E-state index contributed by atoms with van der Waals surface area (Å²) in [6.07, 6.45) is 2.14. The molecule has 5 heteroatoms. The second-order valence-electron chi connectivity index (χ2n) is 3.05. The van der Waals surface area contributed by atoms with Crippen LogP contribution < -0.4 is 10.6 Å². The molecule has 0 spiro atoms. The molecule has 1 saturated heterocycles. The lowest BCUT2D eigenvalue weighted by atomic mass is 10.1. The van der Waals surface area contributed by atoms with Crippen molar-refractivity contribution in [2.75, 3.05) is 18.0 Å². The van der Waals surface area contributed by atoms with Crippen molar-refractivity contribution < 1.29 is 0 Å². The highest BCUT2D eigenvalue weighted by Crippen LogP contribution is 2.19. The van der Waals surface area contributed by atoms with Gasteiger partial charge in [0.05, 0.1) is 0 Å². The minimum absolute atomic E-state index is 0.383. The quantitative estimate of drug-likeness (QED) is 0.689. The number of piperidine rings is 1. The average molecular weight is 184 g/mol. The standard InChI is InChI=1S/C7H12N4S/c8-6-1-3-11(4-2-6)7-10-9-5-12-7/h5-6H,1-4,8H2. The predicted octanol–water partition coefficient (Wildman–Crippen LogP) is 0.466. The van der Waals surface area contributed by atoms with Gasteiger partial charge in [-0.2, -0.15) is 0 Å². The molecule has 0 atom stereocenters. The smallest absolute Gasteiger partial charge is 0.208 e. The van der Waals surface area contributed by atoms with Crippen LogP contribution in [0.5, 0.6) is 0 Å². The number of hydrogen-bond acceptors (Lipinski definition) is 5. The third kappa shape index (κ3) is 1.56. The highest BCUT2D eigenvalue weighted by molar-refractivity contribution is 7.13. The Balaban J connectivity index is 1.99. The lowest BCUT2D eigenvalue weighted by Crippen LogP contribution is -2.39. The Labute approximate surface area is 75.4 Å². The molecule has 0 aromatic carbocycles. The molecular formula is C7H12N4S. The van der Waals surface area contributed by atoms with Crippen LogP contribution in [0.15, 0.2) is 5.51 Å². The van der Waals surface area contributed by atoms with E-state index in [1.165, 1.54) is 0 Å². The summed E-state index contributed by atoms with van der Waals surface area (Å²) in [6, 6.07) is 0.383. The van der Waals surface area contributed by atoms with E-state index in [1.807, 2.05) is 0 Å². The first-order chi connectivity index (χ1) is 5.86. The summed E-state index contributed by atoms with van der Waals surface area (Å²) < 4.78 is 0. The van der Waals surface area contributed by atoms with Crippen LogP contribution in [0.1, 0.15) is 12.8 Å². The monoisotopic (exact) mass is 184 g/mol. The Kier molecular flexibility index (Phi) is 2.23. The fourth-order valence-corrected chi connectivity index (χ4v) is 2.01. The van der Waals surface area contributed by atoms with Crippen LogP contribution in [0.4, 0.5) is 5.13 Å². The average Bonchev–Trinajstić information content (AvgIpc) is 2.58. The van der Waals surface area contributed by atoms with Gasteiger partial charge >= 0.3 is 0 Å². The van der Waals surface area contributed by atoms with Crippen LogP contribution in [-0.2, 0) is 0 Å². The SMILES string of the molecule is NC1CCN(c2nncs2)CC1. The molecule has 1 aliphatic rings. The van der Waals surface area contributed by atoms with E-state index in [0.717, 1.165) is 31.1 Å². The van der Waals surface area contributed by atoms with Crippen molar-refractivity contribution in [2.45, 2.75) is 18.9 Å². The Bertz CT molecular complexity index is 228. The molecule has 0 bridgehead atoms. The molecule has 0 saturated carbocycles. The van der Waals surface area contributed by atoms with Gasteiger partial charge in [0, 0.05) is 19.1 Å². The number of aromatic nitrogens is 2. The fraction of sp³-hybridized carbons (Fsp3) is 0.714. The summed E-state index contributed by atoms with van der Waals surface area (Å²) in [5.41, 5.74) is 7.56. The molecule has 1 aromatic heterocycles. The molecular weight excluding hydrogens is 172 g/mol. The van der Waals surface area contributed by atoms with E-state index < -0.39 is 0 Å². The van der Waals surface area contributed by atoms with E-state index >= 15 is 0 Å². The zero-order valence-electron chi connectivity index (χ0n) is 6.81. The van der Waals surface area contributed by atoms with Gasteiger partial charge in [0.15, 0.2) is 0 Å². The maximum absolute atomic E-state index is 5.79. The van der Waals surface area contributed by atoms with Crippen molar-refractivity contribution in [1.29, 1.82) is 0 Å². The Morgan fingerprint density at radius 1 is 1.50 bits per heavy atom. The van der Waals surface area contributed by atoms with Crippen LogP contribution in [0.25, 0.3) is 0 Å². The summed E-state index contributed by atoms with van der Waals surface area (Å²) in [4.78, 5) is 2.25. The number of rotatable bonds is 1. The predicted molar refractivity (Wildman–Crippen MR) is 49.3 cm³/mol. The molecule has 4 nitrogen and oxygen atoms in total. The van der Waals surface area contributed by atoms with E-state index in [-0.39, 0.29) is 0 Å². The van der Waals surface area contributed by atoms with Crippen molar-refractivity contribution in [2.24, 2.45) is 5.73 Å². The first kappa shape index (κ1) is 7.94. The Hall–Kier alpha value is -0.680. The van der Waals surface area contributed by atoms with E-state index in [4.69, 9.17) is 5.73 Å². The summed E-state index contributed by atoms with van der Waals surface area (Å²) in [5.74, 6) is 0. The molecule has 2 heterocycles. The van der Waals surface area contributed by atoms with Crippen molar-refractivity contribution >= 4 is 16.5 Å². The van der Waals surface area contributed by atoms with E-state index in [2.05, 4.69) is 15.1 Å². The molecule has 2 rings (SSSR count). The molecule has 1 fully saturated rings. The fourth-order valence-electron chi connectivity index (χ4n) is 1.40. The Morgan fingerprint density at radius 2 is 2.25 bits per heavy atom. The van der Waals surface area contributed by atoms with Crippen LogP contribution in [-0.4, -0.2) is 29.3 Å². The van der Waals surface area contributed by atoms with Gasteiger partial charge in [-0.3, -0.25) is 0 Å². The highest BCUT2D eigenvalue weighted by atomic mass is 32.1. The van der Waals surface area contributed by atoms with E-state index in [0.29, 0.717) is 6.04 Å². The summed E-state index contributed by atoms with van der Waals surface area (Å²) in [7, 11) is 0. The second kappa shape index (κ2) is 3.37. The zero-order valence-corrected chi connectivity index (χ0v) is 7.63. The van der Waals surface area contributed by atoms with E-state index in [9.17, 15) is 0 Å². The van der Waals surface area contributed by atoms with Crippen LogP contribution in [0, 0.1) is 0 Å². The molecule has 12 heavy (non-hydrogen) atoms. The lowest BCUT2D eigenvalue weighted by molar-refractivity contribution is 0.500. The first-order valence-corrected chi connectivity index (χ1v) is 5.01. The highest BCUT2D eigenvalue weighted by Gasteiger charge is 2.17. The van der Waals surface area contributed by atoms with Gasteiger partial charge < -0.3 is 10.6 Å². The lowest BCUT2D eigenvalue weighted by Gasteiger charge is -2.29. The molecule has 0 radical (unpaired) electrons. The third-order valence-electron chi connectivity index (χ3n) is 2.16. The largest absolute Gasteiger partial charge is 0.347 e. The molecule has 0 amide bonds. The van der Waals surface area contributed by atoms with Crippen LogP contribution >= 0.6 is 11.3 Å². The van der Waals surface area contributed by atoms with Crippen LogP contribution in [0.2, 0.25) is 0 Å². The van der Waals surface area contributed by atoms with Gasteiger partial charge in [-0.1, -0.05) is 11.3 Å². The third-order valence-corrected chi connectivity index (χ3v) is 2.91. The van der Waals surface area contributed by atoms with Gasteiger partial charge in [0.1, 0.15) is 5.51 Å². The molecule has 1 aromatic rings. The summed E-state index contributed by atoms with van der Waals surface area (Å²) in [5, 5.41) is 8.86. The van der Waals surface area contributed by atoms with Gasteiger partial charge in [0.25, 0.3) is 0 Å². The second-order valence-corrected chi connectivity index (χ2v) is 3.86. The normalized spacial score (nSPS) is 19.9. The molecule has 2 N–H and O–H groups in total. The van der Waals surface area contributed by atoms with Crippen molar-refractivity contribution in [1.82, 2.24) is 10.2 Å². The van der Waals surface area contributed by atoms with Crippen molar-refractivity contribution in [3.8, 4) is 0 Å². The topological polar surface area (TPSA) is 55.0 Å². The molecule has 0 aliphatic carbocycles. The van der Waals surface area contributed by atoms with E-state index in [1.54, 1.807) is 16.8 Å². The minimum Gasteiger partial charge on any atom is -0.347 e. The molecule has 1 aliphatic heterocycles. The number of hydrogen-bond donors (Lipinski definition) is 1. The van der Waals surface area contributed by atoms with Crippen molar-refractivity contribution in [3.63, 3.8) is 0 Å². The number of nitrogens with two attached hydrogens (primary N) is 1. The van der Waals surface area contributed by atoms with Gasteiger partial charge in [0.2, 0.25) is 5.13 Å². The Morgan fingerprint density at radius 3 is 2.83 bits per heavy atom. The first-order valence-electron chi connectivity index (χ1n) is 4.13. The van der Waals surface area contributed by atoms with Gasteiger partial charge in [-0.05, 0) is 12.8 Å². The molecule has 66 valence electrons. The maximum Gasteiger partial charge on any atom is 0.208 e.